The molecule has 0 aliphatic heterocycles. The molecule has 2 aromatic carbocycles. The SMILES string of the molecule is CC(C)Oc1cccc2c(C[C@@H](C)NC[C@H](O)c3cccc(NS(=O)(=O)c4cccs4)c3)c[nH]c12. The number of aliphatic hydroxyl groups excluding tert-OH is 1. The van der Waals surface area contributed by atoms with E-state index >= 15 is 0 Å². The highest BCUT2D eigenvalue weighted by atomic mass is 32.2. The van der Waals surface area contributed by atoms with Gasteiger partial charge in [0.25, 0.3) is 10.0 Å². The Balaban J connectivity index is 1.37. The van der Waals surface area contributed by atoms with E-state index < -0.39 is 16.1 Å². The summed E-state index contributed by atoms with van der Waals surface area (Å²) in [6.07, 6.45) is 2.10. The Bertz CT molecular complexity index is 1360. The van der Waals surface area contributed by atoms with Crippen LogP contribution >= 0.6 is 11.3 Å². The lowest BCUT2D eigenvalue weighted by molar-refractivity contribution is 0.170. The Labute approximate surface area is 210 Å². The first-order valence-electron chi connectivity index (χ1n) is 11.6. The maximum absolute atomic E-state index is 12.5. The summed E-state index contributed by atoms with van der Waals surface area (Å²) >= 11 is 1.16. The van der Waals surface area contributed by atoms with Gasteiger partial charge in [0.15, 0.2) is 0 Å². The van der Waals surface area contributed by atoms with Gasteiger partial charge in [0, 0.05) is 29.9 Å². The summed E-state index contributed by atoms with van der Waals surface area (Å²) in [6, 6.07) is 16.3. The molecular formula is C26H31N3O4S2. The summed E-state index contributed by atoms with van der Waals surface area (Å²) < 4.78 is 33.7. The summed E-state index contributed by atoms with van der Waals surface area (Å²) in [7, 11) is -3.64. The summed E-state index contributed by atoms with van der Waals surface area (Å²) in [5.41, 5.74) is 3.22. The molecule has 0 aliphatic carbocycles. The van der Waals surface area contributed by atoms with E-state index in [1.54, 1.807) is 41.8 Å². The third kappa shape index (κ3) is 6.24. The highest BCUT2D eigenvalue weighted by Gasteiger charge is 2.17. The van der Waals surface area contributed by atoms with E-state index in [1.807, 2.05) is 32.2 Å². The lowest BCUT2D eigenvalue weighted by Gasteiger charge is -2.18. The predicted molar refractivity (Wildman–Crippen MR) is 142 cm³/mol. The third-order valence-electron chi connectivity index (χ3n) is 5.59. The summed E-state index contributed by atoms with van der Waals surface area (Å²) in [4.78, 5) is 3.34. The van der Waals surface area contributed by atoms with Crippen molar-refractivity contribution in [3.8, 4) is 5.75 Å². The van der Waals surface area contributed by atoms with Gasteiger partial charge in [-0.1, -0.05) is 30.3 Å². The van der Waals surface area contributed by atoms with E-state index in [4.69, 9.17) is 4.74 Å². The van der Waals surface area contributed by atoms with Gasteiger partial charge in [0.1, 0.15) is 9.96 Å². The van der Waals surface area contributed by atoms with Crippen molar-refractivity contribution < 1.29 is 18.3 Å². The van der Waals surface area contributed by atoms with Gasteiger partial charge in [-0.05, 0) is 68.0 Å². The fourth-order valence-electron chi connectivity index (χ4n) is 3.97. The molecule has 2 atom stereocenters. The number of aliphatic hydroxyl groups is 1. The lowest BCUT2D eigenvalue weighted by Crippen LogP contribution is -2.32. The molecule has 0 aliphatic rings. The van der Waals surface area contributed by atoms with E-state index in [2.05, 4.69) is 28.0 Å². The van der Waals surface area contributed by atoms with E-state index in [-0.39, 0.29) is 16.4 Å². The number of para-hydroxylation sites is 1. The molecule has 0 radical (unpaired) electrons. The number of hydrogen-bond donors (Lipinski definition) is 4. The van der Waals surface area contributed by atoms with Crippen molar-refractivity contribution in [2.24, 2.45) is 0 Å². The molecule has 7 nitrogen and oxygen atoms in total. The Morgan fingerprint density at radius 2 is 1.89 bits per heavy atom. The Kier molecular flexibility index (Phi) is 7.81. The van der Waals surface area contributed by atoms with Crippen LogP contribution in [-0.2, 0) is 16.4 Å². The number of nitrogens with one attached hydrogen (secondary N) is 3. The number of anilines is 1. The predicted octanol–water partition coefficient (Wildman–Crippen LogP) is 5.07. The number of rotatable bonds is 11. The summed E-state index contributed by atoms with van der Waals surface area (Å²) in [5.74, 6) is 0.842. The number of H-pyrrole nitrogens is 1. The highest BCUT2D eigenvalue weighted by Crippen LogP contribution is 2.29. The summed E-state index contributed by atoms with van der Waals surface area (Å²) in [6.45, 7) is 6.43. The zero-order valence-electron chi connectivity index (χ0n) is 20.0. The molecule has 4 N–H and O–H groups in total. The number of thiophene rings is 1. The number of benzene rings is 2. The molecule has 4 rings (SSSR count). The number of fused-ring (bicyclic) bond motifs is 1. The van der Waals surface area contributed by atoms with E-state index in [9.17, 15) is 13.5 Å². The average Bonchev–Trinajstić information content (AvgIpc) is 3.49. The van der Waals surface area contributed by atoms with Crippen molar-refractivity contribution in [3.63, 3.8) is 0 Å². The van der Waals surface area contributed by atoms with E-state index in [0.717, 1.165) is 34.4 Å². The van der Waals surface area contributed by atoms with Crippen LogP contribution in [0.2, 0.25) is 0 Å². The van der Waals surface area contributed by atoms with Crippen molar-refractivity contribution in [1.82, 2.24) is 10.3 Å². The van der Waals surface area contributed by atoms with Crippen LogP contribution in [0.25, 0.3) is 10.9 Å². The normalized spacial score (nSPS) is 13.7. The maximum atomic E-state index is 12.5. The van der Waals surface area contributed by atoms with Crippen LogP contribution < -0.4 is 14.8 Å². The smallest absolute Gasteiger partial charge is 0.271 e. The van der Waals surface area contributed by atoms with E-state index in [0.29, 0.717) is 17.8 Å². The summed E-state index contributed by atoms with van der Waals surface area (Å²) in [5, 5.41) is 17.0. The van der Waals surface area contributed by atoms with Gasteiger partial charge in [-0.2, -0.15) is 0 Å². The quantitative estimate of drug-likeness (QED) is 0.224. The van der Waals surface area contributed by atoms with Crippen molar-refractivity contribution in [3.05, 3.63) is 77.3 Å². The number of hydrogen-bond acceptors (Lipinski definition) is 6. The number of ether oxygens (including phenoxy) is 1. The minimum Gasteiger partial charge on any atom is -0.489 e. The first-order valence-corrected chi connectivity index (χ1v) is 13.9. The molecule has 0 amide bonds. The van der Waals surface area contributed by atoms with Crippen LogP contribution in [0.15, 0.2) is 70.4 Å². The van der Waals surface area contributed by atoms with Crippen LogP contribution in [0.3, 0.4) is 0 Å². The fraction of sp³-hybridized carbons (Fsp3) is 0.308. The molecule has 9 heteroatoms. The van der Waals surface area contributed by atoms with Crippen LogP contribution in [0, 0.1) is 0 Å². The first kappa shape index (κ1) is 25.2. The van der Waals surface area contributed by atoms with Crippen LogP contribution in [-0.4, -0.2) is 37.2 Å². The zero-order valence-corrected chi connectivity index (χ0v) is 21.6. The van der Waals surface area contributed by atoms with Crippen molar-refractivity contribution >= 4 is 38.0 Å². The Hall–Kier alpha value is -2.85. The van der Waals surface area contributed by atoms with Crippen LogP contribution in [0.5, 0.6) is 5.75 Å². The second-order valence-corrected chi connectivity index (χ2v) is 11.7. The molecular weight excluding hydrogens is 482 g/mol. The largest absolute Gasteiger partial charge is 0.489 e. The van der Waals surface area contributed by atoms with Crippen LogP contribution in [0.4, 0.5) is 5.69 Å². The highest BCUT2D eigenvalue weighted by molar-refractivity contribution is 7.94. The Morgan fingerprint density at radius 3 is 2.63 bits per heavy atom. The van der Waals surface area contributed by atoms with E-state index in [1.165, 1.54) is 5.56 Å². The second-order valence-electron chi connectivity index (χ2n) is 8.85. The average molecular weight is 514 g/mol. The van der Waals surface area contributed by atoms with Gasteiger partial charge in [0.2, 0.25) is 0 Å². The molecule has 186 valence electrons. The molecule has 4 aromatic rings. The van der Waals surface area contributed by atoms with Gasteiger partial charge in [-0.25, -0.2) is 8.42 Å². The number of aromatic amines is 1. The second kappa shape index (κ2) is 10.8. The van der Waals surface area contributed by atoms with Gasteiger partial charge in [-0.15, -0.1) is 11.3 Å². The standard InChI is InChI=1S/C26H31N3O4S2/c1-17(2)33-24-10-5-9-22-20(15-28-26(22)24)13-18(3)27-16-23(30)19-7-4-8-21(14-19)29-35(31,32)25-11-6-12-34-25/h4-12,14-15,17-18,23,27-30H,13,16H2,1-3H3/t18-,23+/m1/s1. The van der Waals surface area contributed by atoms with Crippen molar-refractivity contribution in [2.75, 3.05) is 11.3 Å². The molecule has 35 heavy (non-hydrogen) atoms. The monoisotopic (exact) mass is 513 g/mol. The first-order chi connectivity index (χ1) is 16.7. The maximum Gasteiger partial charge on any atom is 0.271 e. The minimum absolute atomic E-state index is 0.0962. The van der Waals surface area contributed by atoms with Gasteiger partial charge >= 0.3 is 0 Å². The lowest BCUT2D eigenvalue weighted by atomic mass is 10.0. The zero-order chi connectivity index (χ0) is 25.0. The molecule has 2 aromatic heterocycles. The molecule has 2 heterocycles. The van der Waals surface area contributed by atoms with Crippen molar-refractivity contribution in [2.45, 2.75) is 49.7 Å². The molecule has 0 saturated heterocycles. The molecule has 0 spiro atoms. The molecule has 0 unspecified atom stereocenters. The van der Waals surface area contributed by atoms with Gasteiger partial charge in [0.05, 0.1) is 17.7 Å². The third-order valence-corrected chi connectivity index (χ3v) is 8.37. The van der Waals surface area contributed by atoms with Gasteiger partial charge in [-0.3, -0.25) is 4.72 Å². The van der Waals surface area contributed by atoms with Crippen molar-refractivity contribution in [1.29, 1.82) is 0 Å². The fourth-order valence-corrected chi connectivity index (χ4v) is 6.01. The van der Waals surface area contributed by atoms with Crippen LogP contribution in [0.1, 0.15) is 38.0 Å². The van der Waals surface area contributed by atoms with Gasteiger partial charge < -0.3 is 20.1 Å². The Morgan fingerprint density at radius 1 is 1.09 bits per heavy atom. The number of sulfonamides is 1. The molecule has 0 saturated carbocycles. The molecule has 0 bridgehead atoms. The minimum atomic E-state index is -3.64. The molecule has 0 fully saturated rings. The number of aromatic nitrogens is 1. The topological polar surface area (TPSA) is 103 Å².